The van der Waals surface area contributed by atoms with Crippen LogP contribution < -0.4 is 10.1 Å². The van der Waals surface area contributed by atoms with Crippen LogP contribution in [0, 0.1) is 0 Å². The van der Waals surface area contributed by atoms with Crippen molar-refractivity contribution in [3.8, 4) is 5.75 Å². The van der Waals surface area contributed by atoms with E-state index in [-0.39, 0.29) is 18.6 Å². The van der Waals surface area contributed by atoms with E-state index in [9.17, 15) is 9.59 Å². The molecule has 130 valence electrons. The standard InChI is InChI=1S/C17H23N3O4/c1-23-16(21)12-24-15-5-3-2-4-13(15)10-19-8-9-20-7-6-18-17(22)14(20)11-19/h2-5,14H,6-12H2,1H3,(H,18,22)/t14-/m1/s1. The monoisotopic (exact) mass is 333 g/mol. The predicted molar refractivity (Wildman–Crippen MR) is 87.6 cm³/mol. The number of hydrogen-bond acceptors (Lipinski definition) is 6. The van der Waals surface area contributed by atoms with Crippen molar-refractivity contribution in [1.29, 1.82) is 0 Å². The van der Waals surface area contributed by atoms with Gasteiger partial charge in [0.1, 0.15) is 11.8 Å². The van der Waals surface area contributed by atoms with Crippen molar-refractivity contribution in [2.24, 2.45) is 0 Å². The molecule has 1 N–H and O–H groups in total. The van der Waals surface area contributed by atoms with E-state index in [1.54, 1.807) is 0 Å². The number of benzene rings is 1. The van der Waals surface area contributed by atoms with Gasteiger partial charge in [0, 0.05) is 44.8 Å². The van der Waals surface area contributed by atoms with Gasteiger partial charge in [-0.05, 0) is 6.07 Å². The summed E-state index contributed by atoms with van der Waals surface area (Å²) in [4.78, 5) is 27.8. The zero-order valence-corrected chi connectivity index (χ0v) is 13.9. The molecule has 1 atom stereocenters. The first kappa shape index (κ1) is 16.7. The van der Waals surface area contributed by atoms with Crippen LogP contribution in [0.4, 0.5) is 0 Å². The minimum absolute atomic E-state index is 0.0735. The second-order valence-electron chi connectivity index (χ2n) is 6.05. The molecule has 24 heavy (non-hydrogen) atoms. The number of rotatable bonds is 5. The third kappa shape index (κ3) is 3.85. The van der Waals surface area contributed by atoms with Crippen LogP contribution in [-0.4, -0.2) is 74.2 Å². The molecule has 1 aromatic rings. The lowest BCUT2D eigenvalue weighted by Gasteiger charge is -2.43. The highest BCUT2D eigenvalue weighted by Crippen LogP contribution is 2.22. The number of carbonyl (C=O) groups is 2. The number of esters is 1. The van der Waals surface area contributed by atoms with Crippen LogP contribution in [-0.2, 0) is 20.9 Å². The SMILES string of the molecule is COC(=O)COc1ccccc1CN1CCN2CCNC(=O)[C@H]2C1. The van der Waals surface area contributed by atoms with E-state index in [0.29, 0.717) is 18.8 Å². The van der Waals surface area contributed by atoms with Gasteiger partial charge in [-0.15, -0.1) is 0 Å². The van der Waals surface area contributed by atoms with Gasteiger partial charge >= 0.3 is 5.97 Å². The maximum Gasteiger partial charge on any atom is 0.343 e. The first-order valence-corrected chi connectivity index (χ1v) is 8.19. The summed E-state index contributed by atoms with van der Waals surface area (Å²) in [6.07, 6.45) is 0. The summed E-state index contributed by atoms with van der Waals surface area (Å²) in [6.45, 7) is 4.75. The molecule has 2 fully saturated rings. The Bertz CT molecular complexity index is 607. The number of hydrogen-bond donors (Lipinski definition) is 1. The summed E-state index contributed by atoms with van der Waals surface area (Å²) in [5.74, 6) is 0.386. The summed E-state index contributed by atoms with van der Waals surface area (Å²) in [5.41, 5.74) is 1.01. The summed E-state index contributed by atoms with van der Waals surface area (Å²) in [5, 5.41) is 2.93. The van der Waals surface area contributed by atoms with E-state index in [0.717, 1.165) is 31.7 Å². The maximum atomic E-state index is 12.0. The van der Waals surface area contributed by atoms with Crippen molar-refractivity contribution in [2.45, 2.75) is 12.6 Å². The Labute approximate surface area is 141 Å². The van der Waals surface area contributed by atoms with Crippen molar-refractivity contribution < 1.29 is 19.1 Å². The van der Waals surface area contributed by atoms with Crippen molar-refractivity contribution >= 4 is 11.9 Å². The molecule has 0 aromatic heterocycles. The van der Waals surface area contributed by atoms with Gasteiger partial charge in [0.05, 0.1) is 7.11 Å². The topological polar surface area (TPSA) is 71.1 Å². The highest BCUT2D eigenvalue weighted by Gasteiger charge is 2.34. The summed E-state index contributed by atoms with van der Waals surface area (Å²) in [6, 6.07) is 7.59. The number of methoxy groups -OCH3 is 1. The zero-order valence-electron chi connectivity index (χ0n) is 13.9. The van der Waals surface area contributed by atoms with Crippen LogP contribution in [0.3, 0.4) is 0 Å². The van der Waals surface area contributed by atoms with Gasteiger partial charge in [-0.25, -0.2) is 4.79 Å². The Morgan fingerprint density at radius 2 is 2.12 bits per heavy atom. The average molecular weight is 333 g/mol. The molecule has 0 saturated carbocycles. The van der Waals surface area contributed by atoms with Gasteiger partial charge in [-0.2, -0.15) is 0 Å². The number of nitrogens with zero attached hydrogens (tertiary/aromatic N) is 2. The van der Waals surface area contributed by atoms with E-state index in [1.165, 1.54) is 7.11 Å². The normalized spacial score (nSPS) is 21.7. The highest BCUT2D eigenvalue weighted by atomic mass is 16.6. The Hall–Kier alpha value is -2.12. The molecule has 2 saturated heterocycles. The largest absolute Gasteiger partial charge is 0.482 e. The molecule has 1 aromatic carbocycles. The number of nitrogens with one attached hydrogen (secondary N) is 1. The van der Waals surface area contributed by atoms with Crippen LogP contribution in [0.2, 0.25) is 0 Å². The molecule has 0 unspecified atom stereocenters. The molecule has 0 radical (unpaired) electrons. The van der Waals surface area contributed by atoms with Crippen LogP contribution >= 0.6 is 0 Å². The van der Waals surface area contributed by atoms with Crippen LogP contribution in [0.1, 0.15) is 5.56 Å². The van der Waals surface area contributed by atoms with Crippen molar-refractivity contribution in [2.75, 3.05) is 46.4 Å². The molecule has 0 spiro atoms. The summed E-state index contributed by atoms with van der Waals surface area (Å²) >= 11 is 0. The lowest BCUT2D eigenvalue weighted by atomic mass is 10.1. The van der Waals surface area contributed by atoms with Crippen LogP contribution in [0.5, 0.6) is 5.75 Å². The first-order valence-electron chi connectivity index (χ1n) is 8.19. The minimum Gasteiger partial charge on any atom is -0.482 e. The second-order valence-corrected chi connectivity index (χ2v) is 6.05. The molecular formula is C17H23N3O4. The van der Waals surface area contributed by atoms with Crippen molar-refractivity contribution in [1.82, 2.24) is 15.1 Å². The molecule has 1 amide bonds. The number of ether oxygens (including phenoxy) is 2. The fraction of sp³-hybridized carbons (Fsp3) is 0.529. The lowest BCUT2D eigenvalue weighted by Crippen LogP contribution is -2.63. The smallest absolute Gasteiger partial charge is 0.343 e. The van der Waals surface area contributed by atoms with Gasteiger partial charge in [0.25, 0.3) is 0 Å². The molecule has 2 aliphatic rings. The minimum atomic E-state index is -0.405. The molecule has 7 heteroatoms. The third-order valence-electron chi connectivity index (χ3n) is 4.52. The number of piperazine rings is 2. The fourth-order valence-corrected chi connectivity index (χ4v) is 3.19. The van der Waals surface area contributed by atoms with E-state index in [4.69, 9.17) is 4.74 Å². The van der Waals surface area contributed by atoms with E-state index in [1.807, 2.05) is 24.3 Å². The second kappa shape index (κ2) is 7.63. The Morgan fingerprint density at radius 1 is 1.29 bits per heavy atom. The first-order chi connectivity index (χ1) is 11.7. The van der Waals surface area contributed by atoms with Gasteiger partial charge in [-0.3, -0.25) is 14.6 Å². The molecule has 2 aliphatic heterocycles. The average Bonchev–Trinajstić information content (AvgIpc) is 2.61. The number of fused-ring (bicyclic) bond motifs is 1. The van der Waals surface area contributed by atoms with Gasteiger partial charge in [0.15, 0.2) is 6.61 Å². The molecule has 3 rings (SSSR count). The van der Waals surface area contributed by atoms with E-state index in [2.05, 4.69) is 19.9 Å². The van der Waals surface area contributed by atoms with E-state index < -0.39 is 5.97 Å². The highest BCUT2D eigenvalue weighted by molar-refractivity contribution is 5.82. The number of para-hydroxylation sites is 1. The van der Waals surface area contributed by atoms with Gasteiger partial charge in [-0.1, -0.05) is 18.2 Å². The summed E-state index contributed by atoms with van der Waals surface area (Å²) < 4.78 is 10.2. The van der Waals surface area contributed by atoms with Crippen LogP contribution in [0.15, 0.2) is 24.3 Å². The Kier molecular flexibility index (Phi) is 5.32. The van der Waals surface area contributed by atoms with Crippen molar-refractivity contribution in [3.05, 3.63) is 29.8 Å². The number of carbonyl (C=O) groups excluding carboxylic acids is 2. The predicted octanol–water partition coefficient (Wildman–Crippen LogP) is -0.146. The molecule has 0 bridgehead atoms. The molecule has 2 heterocycles. The van der Waals surface area contributed by atoms with Crippen LogP contribution in [0.25, 0.3) is 0 Å². The Morgan fingerprint density at radius 3 is 2.96 bits per heavy atom. The number of amides is 1. The quantitative estimate of drug-likeness (QED) is 0.756. The fourth-order valence-electron chi connectivity index (χ4n) is 3.19. The molecular weight excluding hydrogens is 310 g/mol. The van der Waals surface area contributed by atoms with E-state index >= 15 is 0 Å². The zero-order chi connectivity index (χ0) is 16.9. The molecule has 7 nitrogen and oxygen atoms in total. The third-order valence-corrected chi connectivity index (χ3v) is 4.52. The van der Waals surface area contributed by atoms with Gasteiger partial charge < -0.3 is 14.8 Å². The molecule has 0 aliphatic carbocycles. The maximum absolute atomic E-state index is 12.0. The van der Waals surface area contributed by atoms with Crippen molar-refractivity contribution in [3.63, 3.8) is 0 Å². The Balaban J connectivity index is 1.63. The van der Waals surface area contributed by atoms with Gasteiger partial charge in [0.2, 0.25) is 5.91 Å². The lowest BCUT2D eigenvalue weighted by molar-refractivity contribution is -0.143. The summed E-state index contributed by atoms with van der Waals surface area (Å²) in [7, 11) is 1.34.